The summed E-state index contributed by atoms with van der Waals surface area (Å²) < 4.78 is 0. The van der Waals surface area contributed by atoms with E-state index in [2.05, 4.69) is 16.0 Å². The highest BCUT2D eigenvalue weighted by molar-refractivity contribution is 5.40. The van der Waals surface area contributed by atoms with Crippen LogP contribution in [-0.2, 0) is 6.54 Å². The van der Waals surface area contributed by atoms with Gasteiger partial charge in [0.1, 0.15) is 5.72 Å². The quantitative estimate of drug-likeness (QED) is 0.877. The molecule has 3 heteroatoms. The minimum absolute atomic E-state index is 0.438. The van der Waals surface area contributed by atoms with Crippen molar-refractivity contribution in [1.29, 1.82) is 0 Å². The van der Waals surface area contributed by atoms with Gasteiger partial charge in [-0.15, -0.1) is 0 Å². The van der Waals surface area contributed by atoms with Gasteiger partial charge in [0.15, 0.2) is 0 Å². The van der Waals surface area contributed by atoms with Crippen molar-refractivity contribution in [2.75, 3.05) is 0 Å². The fourth-order valence-corrected chi connectivity index (χ4v) is 8.46. The highest BCUT2D eigenvalue weighted by Gasteiger charge is 2.93. The topological polar surface area (TPSA) is 36.4 Å². The first-order chi connectivity index (χ1) is 9.82. The molecule has 2 aliphatic heterocycles. The molecule has 5 saturated carbocycles. The van der Waals surface area contributed by atoms with Gasteiger partial charge in [0.2, 0.25) is 0 Å². The van der Waals surface area contributed by atoms with Crippen molar-refractivity contribution in [3.05, 3.63) is 30.1 Å². The van der Waals surface area contributed by atoms with E-state index in [1.54, 1.807) is 0 Å². The van der Waals surface area contributed by atoms with Crippen LogP contribution in [-0.4, -0.2) is 26.8 Å². The van der Waals surface area contributed by atoms with Crippen LogP contribution < -0.4 is 0 Å². The molecular weight excluding hydrogens is 248 g/mol. The molecule has 3 nitrogen and oxygen atoms in total. The van der Waals surface area contributed by atoms with E-state index in [0.29, 0.717) is 17.9 Å². The molecule has 7 fully saturated rings. The summed E-state index contributed by atoms with van der Waals surface area (Å²) in [6.07, 6.45) is 5.26. The molecule has 0 unspecified atom stereocenters. The average molecular weight is 266 g/mol. The van der Waals surface area contributed by atoms with Crippen LogP contribution in [0.15, 0.2) is 24.5 Å². The van der Waals surface area contributed by atoms with E-state index in [9.17, 15) is 5.11 Å². The zero-order valence-corrected chi connectivity index (χ0v) is 11.3. The highest BCUT2D eigenvalue weighted by Crippen LogP contribution is 2.90. The molecule has 20 heavy (non-hydrogen) atoms. The third-order valence-electron chi connectivity index (χ3n) is 8.29. The van der Waals surface area contributed by atoms with Crippen LogP contribution >= 0.6 is 0 Å². The smallest absolute Gasteiger partial charge is 0.125 e. The van der Waals surface area contributed by atoms with Gasteiger partial charge in [-0.25, -0.2) is 0 Å². The molecule has 0 amide bonds. The zero-order chi connectivity index (χ0) is 12.8. The summed E-state index contributed by atoms with van der Waals surface area (Å²) in [5, 5.41) is 11.6. The molecule has 2 saturated heterocycles. The van der Waals surface area contributed by atoms with Crippen molar-refractivity contribution in [3.63, 3.8) is 0 Å². The van der Waals surface area contributed by atoms with Gasteiger partial charge in [-0.3, -0.25) is 9.88 Å². The van der Waals surface area contributed by atoms with E-state index in [1.165, 1.54) is 12.0 Å². The zero-order valence-electron chi connectivity index (χ0n) is 11.3. The van der Waals surface area contributed by atoms with Crippen molar-refractivity contribution in [3.8, 4) is 0 Å². The number of pyridine rings is 1. The van der Waals surface area contributed by atoms with Crippen LogP contribution in [0.5, 0.6) is 0 Å². The number of rotatable bonds is 2. The lowest BCUT2D eigenvalue weighted by Crippen LogP contribution is -2.50. The van der Waals surface area contributed by atoms with E-state index in [0.717, 1.165) is 42.1 Å². The molecule has 0 radical (unpaired) electrons. The average Bonchev–Trinajstić information content (AvgIpc) is 3.06. The maximum atomic E-state index is 11.6. The van der Waals surface area contributed by atoms with Gasteiger partial charge in [-0.1, -0.05) is 6.07 Å². The van der Waals surface area contributed by atoms with E-state index in [4.69, 9.17) is 0 Å². The minimum Gasteiger partial charge on any atom is -0.375 e. The predicted molar refractivity (Wildman–Crippen MR) is 71.1 cm³/mol. The Morgan fingerprint density at radius 1 is 1.20 bits per heavy atom. The summed E-state index contributed by atoms with van der Waals surface area (Å²) in [7, 11) is 0. The van der Waals surface area contributed by atoms with E-state index in [-0.39, 0.29) is 0 Å². The fraction of sp³-hybridized carbons (Fsp3) is 0.706. The summed E-state index contributed by atoms with van der Waals surface area (Å²) >= 11 is 0. The van der Waals surface area contributed by atoms with Gasteiger partial charge >= 0.3 is 0 Å². The van der Waals surface area contributed by atoms with Crippen LogP contribution in [0.2, 0.25) is 0 Å². The molecule has 1 aromatic heterocycles. The first-order valence-corrected chi connectivity index (χ1v) is 8.20. The molecule has 102 valence electrons. The number of hydrogen-bond donors (Lipinski definition) is 1. The largest absolute Gasteiger partial charge is 0.375 e. The lowest BCUT2D eigenvalue weighted by atomic mass is 9.59. The third-order valence-corrected chi connectivity index (χ3v) is 8.29. The van der Waals surface area contributed by atoms with E-state index < -0.39 is 5.72 Å². The maximum Gasteiger partial charge on any atom is 0.125 e. The number of nitrogens with zero attached hydrogens (tertiary/aromatic N) is 2. The van der Waals surface area contributed by atoms with Crippen molar-refractivity contribution < 1.29 is 5.11 Å². The molecule has 1 aromatic rings. The number of hydrogen-bond acceptors (Lipinski definition) is 3. The Bertz CT molecular complexity index is 648. The molecule has 5 aliphatic carbocycles. The Kier molecular flexibility index (Phi) is 1.28. The lowest BCUT2D eigenvalue weighted by Gasteiger charge is -2.45. The molecule has 1 N–H and O–H groups in total. The van der Waals surface area contributed by atoms with E-state index in [1.807, 2.05) is 18.5 Å². The van der Waals surface area contributed by atoms with Gasteiger partial charge in [-0.05, 0) is 53.6 Å². The summed E-state index contributed by atoms with van der Waals surface area (Å²) in [6, 6.07) is 4.88. The van der Waals surface area contributed by atoms with Gasteiger partial charge < -0.3 is 5.11 Å². The Labute approximate surface area is 118 Å². The lowest BCUT2D eigenvalue weighted by molar-refractivity contribution is -0.134. The summed E-state index contributed by atoms with van der Waals surface area (Å²) in [4.78, 5) is 6.76. The van der Waals surface area contributed by atoms with Gasteiger partial charge in [-0.2, -0.15) is 0 Å². The van der Waals surface area contributed by atoms with Crippen molar-refractivity contribution in [1.82, 2.24) is 9.88 Å². The second kappa shape index (κ2) is 2.59. The van der Waals surface area contributed by atoms with Crippen LogP contribution in [0.4, 0.5) is 0 Å². The van der Waals surface area contributed by atoms with Crippen molar-refractivity contribution in [2.45, 2.75) is 24.7 Å². The summed E-state index contributed by atoms with van der Waals surface area (Å²) in [5.41, 5.74) is 0.828. The summed E-state index contributed by atoms with van der Waals surface area (Å²) in [6.45, 7) is 0.911. The summed E-state index contributed by atoms with van der Waals surface area (Å²) in [5.74, 6) is 6.71. The molecule has 0 aromatic carbocycles. The second-order valence-corrected chi connectivity index (χ2v) is 8.19. The monoisotopic (exact) mass is 266 g/mol. The van der Waals surface area contributed by atoms with Crippen LogP contribution in [0.3, 0.4) is 0 Å². The first-order valence-electron chi connectivity index (χ1n) is 8.20. The van der Waals surface area contributed by atoms with Crippen molar-refractivity contribution >= 4 is 0 Å². The number of aromatic nitrogens is 1. The second-order valence-electron chi connectivity index (χ2n) is 8.19. The predicted octanol–water partition coefficient (Wildman–Crippen LogP) is 1.34. The standard InChI is InChI=1S/C17H18N2O/c20-17-14-9-4-8-10-11(9)15(17)13(10)16(12(8)14)19(17)6-7-2-1-3-18-5-7/h1-3,5,8-16,20H,4,6H2/t8-,9+,10-,11+,12+,13-,14-,15+,16-,17+/m0/s1. The van der Waals surface area contributed by atoms with Crippen LogP contribution in [0.25, 0.3) is 0 Å². The molecule has 10 atom stereocenters. The Morgan fingerprint density at radius 2 is 2.15 bits per heavy atom. The molecule has 4 bridgehead atoms. The first kappa shape index (κ1) is 9.91. The molecular formula is C17H18N2O. The third kappa shape index (κ3) is 0.671. The minimum atomic E-state index is -0.438. The van der Waals surface area contributed by atoms with Gasteiger partial charge in [0.25, 0.3) is 0 Å². The fourth-order valence-electron chi connectivity index (χ4n) is 8.46. The number of aliphatic hydroxyl groups is 1. The molecule has 8 rings (SSSR count). The van der Waals surface area contributed by atoms with Gasteiger partial charge in [0, 0.05) is 36.8 Å². The van der Waals surface area contributed by atoms with Crippen LogP contribution in [0, 0.1) is 47.3 Å². The molecule has 7 aliphatic rings. The van der Waals surface area contributed by atoms with Crippen molar-refractivity contribution in [2.24, 2.45) is 47.3 Å². The molecule has 3 heterocycles. The van der Waals surface area contributed by atoms with Gasteiger partial charge in [0.05, 0.1) is 0 Å². The van der Waals surface area contributed by atoms with E-state index >= 15 is 0 Å². The maximum absolute atomic E-state index is 11.6. The Morgan fingerprint density at radius 3 is 3.00 bits per heavy atom. The Hall–Kier alpha value is -0.930. The Balaban J connectivity index is 1.39. The highest BCUT2D eigenvalue weighted by atomic mass is 16.3. The normalized spacial score (nSPS) is 65.8. The molecule has 0 spiro atoms. The van der Waals surface area contributed by atoms with Crippen LogP contribution in [0.1, 0.15) is 12.0 Å². The SMILES string of the molecule is O[C@@]12[C@@H]3[C@@H]4[C@H]5C[C@H]6[C@@H]4[C@@H]3[C@H]([C@H]6[C@H]51)N2Cc1cccnc1.